The Kier molecular flexibility index (Phi) is 4.28. The predicted octanol–water partition coefficient (Wildman–Crippen LogP) is 3.65. The number of allylic oxidation sites excluding steroid dienone is 1. The summed E-state index contributed by atoms with van der Waals surface area (Å²) in [5, 5.41) is 16.6. The van der Waals surface area contributed by atoms with Crippen molar-refractivity contribution in [2.75, 3.05) is 7.11 Å². The van der Waals surface area contributed by atoms with Crippen LogP contribution in [0.15, 0.2) is 69.3 Å². The summed E-state index contributed by atoms with van der Waals surface area (Å²) in [6.07, 6.45) is 1.96. The highest BCUT2D eigenvalue weighted by atomic mass is 16.5. The topological polar surface area (TPSA) is 84.4 Å². The SMILES string of the molecule is COc1ccc(N=NC(=CO)C(=O)c2ccco2)cc1. The maximum absolute atomic E-state index is 11.9. The lowest BCUT2D eigenvalue weighted by atomic mass is 10.2. The van der Waals surface area contributed by atoms with Crippen LogP contribution in [0.5, 0.6) is 5.75 Å². The van der Waals surface area contributed by atoms with Gasteiger partial charge in [-0.15, -0.1) is 5.11 Å². The van der Waals surface area contributed by atoms with Crippen molar-refractivity contribution in [3.05, 3.63) is 60.4 Å². The van der Waals surface area contributed by atoms with E-state index in [9.17, 15) is 4.79 Å². The summed E-state index contributed by atoms with van der Waals surface area (Å²) in [5.74, 6) is 0.224. The minimum Gasteiger partial charge on any atom is -0.513 e. The van der Waals surface area contributed by atoms with E-state index in [4.69, 9.17) is 14.3 Å². The Hall–Kier alpha value is -2.89. The summed E-state index contributed by atoms with van der Waals surface area (Å²) in [6.45, 7) is 0. The maximum Gasteiger partial charge on any atom is 0.251 e. The number of rotatable bonds is 5. The van der Waals surface area contributed by atoms with Crippen LogP contribution in [0.2, 0.25) is 0 Å². The second kappa shape index (κ2) is 6.33. The van der Waals surface area contributed by atoms with Gasteiger partial charge in [-0.05, 0) is 36.4 Å². The number of ketones is 1. The van der Waals surface area contributed by atoms with E-state index < -0.39 is 5.78 Å². The molecule has 0 radical (unpaired) electrons. The van der Waals surface area contributed by atoms with E-state index in [1.165, 1.54) is 12.3 Å². The number of aliphatic hydroxyl groups excluding tert-OH is 1. The fraction of sp³-hybridized carbons (Fsp3) is 0.0714. The molecule has 20 heavy (non-hydrogen) atoms. The van der Waals surface area contributed by atoms with Crippen LogP contribution in [0, 0.1) is 0 Å². The lowest BCUT2D eigenvalue weighted by Gasteiger charge is -1.98. The van der Waals surface area contributed by atoms with Crippen molar-refractivity contribution in [1.82, 2.24) is 0 Å². The number of carbonyl (C=O) groups excluding carboxylic acids is 1. The normalized spacial score (nSPS) is 11.8. The summed E-state index contributed by atoms with van der Waals surface area (Å²) in [6, 6.07) is 9.83. The van der Waals surface area contributed by atoms with Crippen molar-refractivity contribution in [3.8, 4) is 5.75 Å². The van der Waals surface area contributed by atoms with E-state index in [0.29, 0.717) is 17.7 Å². The van der Waals surface area contributed by atoms with Crippen molar-refractivity contribution in [3.63, 3.8) is 0 Å². The Morgan fingerprint density at radius 1 is 1.30 bits per heavy atom. The summed E-state index contributed by atoms with van der Waals surface area (Å²) in [5.41, 5.74) is 0.313. The Labute approximate surface area is 115 Å². The Bertz CT molecular complexity index is 628. The first kappa shape index (κ1) is 13.5. The average Bonchev–Trinajstić information content (AvgIpc) is 3.02. The second-order valence-corrected chi connectivity index (χ2v) is 3.72. The minimum atomic E-state index is -0.547. The monoisotopic (exact) mass is 272 g/mol. The number of Topliss-reactive ketones (excluding diaryl/α,β-unsaturated/α-hetero) is 1. The third-order valence-electron chi connectivity index (χ3n) is 2.45. The molecule has 0 unspecified atom stereocenters. The molecule has 0 amide bonds. The van der Waals surface area contributed by atoms with E-state index in [1.54, 1.807) is 37.4 Å². The standard InChI is InChI=1S/C14H12N2O4/c1-19-11-6-4-10(5-7-11)15-16-12(9-17)14(18)13-3-2-8-20-13/h2-9,17H,1H3. The second-order valence-electron chi connectivity index (χ2n) is 3.72. The van der Waals surface area contributed by atoms with Crippen LogP contribution in [0.1, 0.15) is 10.6 Å². The van der Waals surface area contributed by atoms with Gasteiger partial charge < -0.3 is 14.3 Å². The van der Waals surface area contributed by atoms with E-state index >= 15 is 0 Å². The molecule has 0 fully saturated rings. The molecule has 1 N–H and O–H groups in total. The molecule has 0 spiro atoms. The molecule has 1 heterocycles. The quantitative estimate of drug-likeness (QED) is 0.389. The average molecular weight is 272 g/mol. The van der Waals surface area contributed by atoms with Gasteiger partial charge in [0, 0.05) is 0 Å². The number of carbonyl (C=O) groups is 1. The van der Waals surface area contributed by atoms with E-state index in [1.807, 2.05) is 0 Å². The summed E-state index contributed by atoms with van der Waals surface area (Å²) < 4.78 is 9.95. The Balaban J connectivity index is 2.13. The molecule has 0 saturated heterocycles. The predicted molar refractivity (Wildman–Crippen MR) is 71.3 cm³/mol. The third-order valence-corrected chi connectivity index (χ3v) is 2.45. The summed E-state index contributed by atoms with van der Waals surface area (Å²) in [7, 11) is 1.56. The molecule has 0 aliphatic rings. The number of ether oxygens (including phenoxy) is 1. The molecule has 0 saturated carbocycles. The van der Waals surface area contributed by atoms with Gasteiger partial charge in [0.1, 0.15) is 12.0 Å². The highest BCUT2D eigenvalue weighted by Gasteiger charge is 2.14. The molecule has 0 aliphatic heterocycles. The van der Waals surface area contributed by atoms with Gasteiger partial charge in [0.2, 0.25) is 0 Å². The number of aliphatic hydroxyl groups is 1. The fourth-order valence-electron chi connectivity index (χ4n) is 1.42. The van der Waals surface area contributed by atoms with Gasteiger partial charge >= 0.3 is 0 Å². The first-order chi connectivity index (χ1) is 9.74. The van der Waals surface area contributed by atoms with Crippen LogP contribution >= 0.6 is 0 Å². The van der Waals surface area contributed by atoms with E-state index in [-0.39, 0.29) is 11.5 Å². The fourth-order valence-corrected chi connectivity index (χ4v) is 1.42. The van der Waals surface area contributed by atoms with Crippen LogP contribution in [0.4, 0.5) is 5.69 Å². The van der Waals surface area contributed by atoms with Crippen LogP contribution in [0.3, 0.4) is 0 Å². The molecule has 2 aromatic rings. The number of methoxy groups -OCH3 is 1. The zero-order chi connectivity index (χ0) is 14.4. The third kappa shape index (κ3) is 3.11. The van der Waals surface area contributed by atoms with Gasteiger partial charge in [-0.3, -0.25) is 4.79 Å². The number of hydrogen-bond donors (Lipinski definition) is 1. The maximum atomic E-state index is 11.9. The lowest BCUT2D eigenvalue weighted by molar-refractivity contribution is 0.0999. The molecule has 2 rings (SSSR count). The van der Waals surface area contributed by atoms with E-state index in [0.717, 1.165) is 0 Å². The van der Waals surface area contributed by atoms with E-state index in [2.05, 4.69) is 10.2 Å². The zero-order valence-electron chi connectivity index (χ0n) is 10.7. The number of nitrogens with zero attached hydrogens (tertiary/aromatic N) is 2. The van der Waals surface area contributed by atoms with Gasteiger partial charge in [-0.2, -0.15) is 5.11 Å². The Morgan fingerprint density at radius 3 is 2.60 bits per heavy atom. The molecule has 102 valence electrons. The molecule has 6 heteroatoms. The van der Waals surface area contributed by atoms with Crippen molar-refractivity contribution >= 4 is 11.5 Å². The smallest absolute Gasteiger partial charge is 0.251 e. The number of hydrogen-bond acceptors (Lipinski definition) is 6. The van der Waals surface area contributed by atoms with Crippen molar-refractivity contribution in [1.29, 1.82) is 0 Å². The molecule has 1 aromatic carbocycles. The first-order valence-corrected chi connectivity index (χ1v) is 5.73. The van der Waals surface area contributed by atoms with Crippen LogP contribution < -0.4 is 4.74 Å². The summed E-state index contributed by atoms with van der Waals surface area (Å²) >= 11 is 0. The van der Waals surface area contributed by atoms with Gasteiger partial charge in [-0.1, -0.05) is 0 Å². The zero-order valence-corrected chi connectivity index (χ0v) is 10.7. The molecular formula is C14H12N2O4. The van der Waals surface area contributed by atoms with Crippen LogP contribution in [-0.4, -0.2) is 18.0 Å². The van der Waals surface area contributed by atoms with Crippen molar-refractivity contribution in [2.45, 2.75) is 0 Å². The number of furan rings is 1. The molecule has 1 aromatic heterocycles. The van der Waals surface area contributed by atoms with Gasteiger partial charge in [0.05, 0.1) is 19.1 Å². The molecular weight excluding hydrogens is 260 g/mol. The van der Waals surface area contributed by atoms with Gasteiger partial charge in [-0.25, -0.2) is 0 Å². The molecule has 0 atom stereocenters. The highest BCUT2D eigenvalue weighted by Crippen LogP contribution is 2.19. The van der Waals surface area contributed by atoms with Crippen LogP contribution in [0.25, 0.3) is 0 Å². The van der Waals surface area contributed by atoms with Crippen molar-refractivity contribution < 1.29 is 19.1 Å². The van der Waals surface area contributed by atoms with Crippen LogP contribution in [-0.2, 0) is 0 Å². The van der Waals surface area contributed by atoms with Gasteiger partial charge in [0.25, 0.3) is 5.78 Å². The highest BCUT2D eigenvalue weighted by molar-refractivity contribution is 6.06. The largest absolute Gasteiger partial charge is 0.513 e. The molecule has 6 nitrogen and oxygen atoms in total. The summed E-state index contributed by atoms with van der Waals surface area (Å²) in [4.78, 5) is 11.9. The molecule has 0 bridgehead atoms. The number of benzene rings is 1. The molecule has 0 aliphatic carbocycles. The number of azo groups is 1. The minimum absolute atomic E-state index is 0.0824. The first-order valence-electron chi connectivity index (χ1n) is 5.73. The Morgan fingerprint density at radius 2 is 2.05 bits per heavy atom. The lowest BCUT2D eigenvalue weighted by Crippen LogP contribution is -1.99. The van der Waals surface area contributed by atoms with Crippen molar-refractivity contribution in [2.24, 2.45) is 10.2 Å². The van der Waals surface area contributed by atoms with Gasteiger partial charge in [0.15, 0.2) is 11.5 Å².